The van der Waals surface area contributed by atoms with Crippen molar-refractivity contribution in [3.05, 3.63) is 65.2 Å². The van der Waals surface area contributed by atoms with Crippen LogP contribution in [0.4, 0.5) is 5.69 Å². The number of carbonyl (C=O) groups is 1. The normalized spacial score (nSPS) is 15.2. The molecule has 0 saturated heterocycles. The van der Waals surface area contributed by atoms with Gasteiger partial charge in [0.05, 0.1) is 12.7 Å². The third-order valence-corrected chi connectivity index (χ3v) is 3.78. The quantitative estimate of drug-likeness (QED) is 0.641. The van der Waals surface area contributed by atoms with Gasteiger partial charge in [-0.3, -0.25) is 0 Å². The molecule has 1 heterocycles. The van der Waals surface area contributed by atoms with Crippen molar-refractivity contribution in [3.63, 3.8) is 0 Å². The van der Waals surface area contributed by atoms with E-state index in [4.69, 9.17) is 9.57 Å². The van der Waals surface area contributed by atoms with Gasteiger partial charge in [0.2, 0.25) is 0 Å². The van der Waals surface area contributed by atoms with Gasteiger partial charge in [-0.05, 0) is 48.0 Å². The number of oxime groups is 1. The molecule has 0 saturated carbocycles. The number of hydrogen-bond acceptors (Lipinski definition) is 5. The van der Waals surface area contributed by atoms with E-state index in [1.54, 1.807) is 13.2 Å². The molecule has 5 heteroatoms. The van der Waals surface area contributed by atoms with E-state index < -0.39 is 5.97 Å². The van der Waals surface area contributed by atoms with Crippen LogP contribution in [0.3, 0.4) is 0 Å². The topological polar surface area (TPSA) is 51.1 Å². The summed E-state index contributed by atoms with van der Waals surface area (Å²) in [4.78, 5) is 18.9. The van der Waals surface area contributed by atoms with Crippen LogP contribution in [0.25, 0.3) is 6.08 Å². The van der Waals surface area contributed by atoms with Gasteiger partial charge in [-0.2, -0.15) is 0 Å². The van der Waals surface area contributed by atoms with Gasteiger partial charge >= 0.3 is 5.97 Å². The van der Waals surface area contributed by atoms with Gasteiger partial charge in [-0.1, -0.05) is 17.3 Å². The number of hydrogen-bond donors (Lipinski definition) is 0. The summed E-state index contributed by atoms with van der Waals surface area (Å²) in [6.45, 7) is 0. The molecule has 1 aliphatic rings. The first-order valence-electron chi connectivity index (χ1n) is 7.51. The van der Waals surface area contributed by atoms with Crippen molar-refractivity contribution in [1.29, 1.82) is 0 Å². The molecule has 0 N–H and O–H groups in total. The molecule has 0 aliphatic carbocycles. The van der Waals surface area contributed by atoms with E-state index in [1.807, 2.05) is 67.5 Å². The lowest BCUT2D eigenvalue weighted by molar-refractivity contribution is -0.136. The summed E-state index contributed by atoms with van der Waals surface area (Å²) in [6, 6.07) is 15.3. The van der Waals surface area contributed by atoms with Gasteiger partial charge in [0.15, 0.2) is 0 Å². The molecule has 0 unspecified atom stereocenters. The monoisotopic (exact) mass is 322 g/mol. The molecule has 0 spiro atoms. The number of nitrogens with zero attached hydrogens (tertiary/aromatic N) is 2. The van der Waals surface area contributed by atoms with Crippen LogP contribution < -0.4 is 9.64 Å². The molecule has 2 aromatic rings. The Labute approximate surface area is 140 Å². The standard InChI is InChI=1S/C19H18N2O3/c1-21(2)15-8-4-13(5-9-15)12-17-18(20-24-19(17)22)14-6-10-16(23-3)11-7-14/h4-12H,1-3H3. The maximum Gasteiger partial charge on any atom is 0.368 e. The fourth-order valence-electron chi connectivity index (χ4n) is 2.40. The molecule has 24 heavy (non-hydrogen) atoms. The first kappa shape index (κ1) is 15.8. The minimum atomic E-state index is -0.447. The second-order valence-electron chi connectivity index (χ2n) is 5.59. The van der Waals surface area contributed by atoms with Crippen LogP contribution in [-0.2, 0) is 9.63 Å². The average molecular weight is 322 g/mol. The number of rotatable bonds is 4. The number of benzene rings is 2. The summed E-state index contributed by atoms with van der Waals surface area (Å²) in [5.41, 5.74) is 3.78. The zero-order chi connectivity index (χ0) is 17.1. The van der Waals surface area contributed by atoms with Gasteiger partial charge in [-0.25, -0.2) is 4.79 Å². The first-order valence-corrected chi connectivity index (χ1v) is 7.51. The lowest BCUT2D eigenvalue weighted by atomic mass is 10.0. The predicted octanol–water partition coefficient (Wildman–Crippen LogP) is 3.11. The minimum absolute atomic E-state index is 0.442. The van der Waals surface area contributed by atoms with E-state index in [0.29, 0.717) is 11.3 Å². The Morgan fingerprint density at radius 3 is 2.29 bits per heavy atom. The maximum absolute atomic E-state index is 12.0. The summed E-state index contributed by atoms with van der Waals surface area (Å²) in [5, 5.41) is 3.92. The molecule has 0 radical (unpaired) electrons. The highest BCUT2D eigenvalue weighted by molar-refractivity contribution is 6.31. The number of anilines is 1. The first-order chi connectivity index (χ1) is 11.6. The van der Waals surface area contributed by atoms with E-state index in [1.165, 1.54) is 0 Å². The molecule has 0 fully saturated rings. The van der Waals surface area contributed by atoms with Gasteiger partial charge < -0.3 is 14.5 Å². The summed E-state index contributed by atoms with van der Waals surface area (Å²) in [7, 11) is 5.57. The van der Waals surface area contributed by atoms with E-state index in [9.17, 15) is 4.79 Å². The lowest BCUT2D eigenvalue weighted by Gasteiger charge is -2.12. The largest absolute Gasteiger partial charge is 0.497 e. The predicted molar refractivity (Wildman–Crippen MR) is 94.4 cm³/mol. The van der Waals surface area contributed by atoms with Crippen LogP contribution in [0.15, 0.2) is 59.3 Å². The Balaban J connectivity index is 1.92. The van der Waals surface area contributed by atoms with Gasteiger partial charge in [0.25, 0.3) is 0 Å². The second-order valence-corrected chi connectivity index (χ2v) is 5.59. The maximum atomic E-state index is 12.0. The van der Waals surface area contributed by atoms with Gasteiger partial charge in [-0.15, -0.1) is 0 Å². The highest BCUT2D eigenvalue weighted by Crippen LogP contribution is 2.23. The molecule has 0 aromatic heterocycles. The van der Waals surface area contributed by atoms with Gasteiger partial charge in [0.1, 0.15) is 11.5 Å². The molecule has 122 valence electrons. The van der Waals surface area contributed by atoms with Crippen molar-refractivity contribution in [2.24, 2.45) is 5.16 Å². The van der Waals surface area contributed by atoms with Crippen LogP contribution in [-0.4, -0.2) is 32.9 Å². The minimum Gasteiger partial charge on any atom is -0.497 e. The van der Waals surface area contributed by atoms with Crippen molar-refractivity contribution in [1.82, 2.24) is 0 Å². The van der Waals surface area contributed by atoms with E-state index in [2.05, 4.69) is 5.16 Å². The number of methoxy groups -OCH3 is 1. The second kappa shape index (κ2) is 6.58. The van der Waals surface area contributed by atoms with Crippen molar-refractivity contribution < 1.29 is 14.4 Å². The summed E-state index contributed by atoms with van der Waals surface area (Å²) < 4.78 is 5.15. The van der Waals surface area contributed by atoms with Crippen LogP contribution in [0.2, 0.25) is 0 Å². The molecular formula is C19H18N2O3. The SMILES string of the molecule is COc1ccc(C2=NOC(=O)C2=Cc2ccc(N(C)C)cc2)cc1. The smallest absolute Gasteiger partial charge is 0.368 e. The Bertz CT molecular complexity index is 804. The molecule has 0 bridgehead atoms. The average Bonchev–Trinajstić information content (AvgIpc) is 2.96. The summed E-state index contributed by atoms with van der Waals surface area (Å²) >= 11 is 0. The molecule has 0 atom stereocenters. The van der Waals surface area contributed by atoms with Crippen LogP contribution >= 0.6 is 0 Å². The molecule has 3 rings (SSSR count). The Morgan fingerprint density at radius 2 is 1.71 bits per heavy atom. The molecular weight excluding hydrogens is 304 g/mol. The van der Waals surface area contributed by atoms with Crippen molar-refractivity contribution in [2.75, 3.05) is 26.1 Å². The Hall–Kier alpha value is -3.08. The summed E-state index contributed by atoms with van der Waals surface area (Å²) in [5.74, 6) is 0.298. The molecule has 1 aliphatic heterocycles. The molecule has 2 aromatic carbocycles. The highest BCUT2D eigenvalue weighted by Gasteiger charge is 2.26. The number of ether oxygens (including phenoxy) is 1. The fourth-order valence-corrected chi connectivity index (χ4v) is 2.40. The Kier molecular flexibility index (Phi) is 4.33. The van der Waals surface area contributed by atoms with Crippen LogP contribution in [0, 0.1) is 0 Å². The fraction of sp³-hybridized carbons (Fsp3) is 0.158. The molecule has 5 nitrogen and oxygen atoms in total. The van der Waals surface area contributed by atoms with Crippen molar-refractivity contribution in [2.45, 2.75) is 0 Å². The van der Waals surface area contributed by atoms with E-state index in [-0.39, 0.29) is 0 Å². The third-order valence-electron chi connectivity index (χ3n) is 3.78. The number of carbonyl (C=O) groups excluding carboxylic acids is 1. The zero-order valence-corrected chi connectivity index (χ0v) is 13.8. The van der Waals surface area contributed by atoms with Crippen LogP contribution in [0.5, 0.6) is 5.75 Å². The third kappa shape index (κ3) is 3.15. The summed E-state index contributed by atoms with van der Waals surface area (Å²) in [6.07, 6.45) is 1.79. The van der Waals surface area contributed by atoms with Gasteiger partial charge in [0, 0.05) is 25.3 Å². The zero-order valence-electron chi connectivity index (χ0n) is 13.8. The van der Waals surface area contributed by atoms with Crippen molar-refractivity contribution >= 4 is 23.4 Å². The highest BCUT2D eigenvalue weighted by atomic mass is 16.7. The van der Waals surface area contributed by atoms with E-state index >= 15 is 0 Å². The lowest BCUT2D eigenvalue weighted by Crippen LogP contribution is -2.08. The Morgan fingerprint density at radius 1 is 1.04 bits per heavy atom. The van der Waals surface area contributed by atoms with E-state index in [0.717, 1.165) is 22.6 Å². The van der Waals surface area contributed by atoms with Crippen LogP contribution in [0.1, 0.15) is 11.1 Å². The van der Waals surface area contributed by atoms with Crippen molar-refractivity contribution in [3.8, 4) is 5.75 Å². The molecule has 0 amide bonds.